The predicted molar refractivity (Wildman–Crippen MR) is 120 cm³/mol. The lowest BCUT2D eigenvalue weighted by Crippen LogP contribution is -2.50. The number of carbonyl (C=O) groups is 2. The smallest absolute Gasteiger partial charge is 0.268 e. The molecule has 0 saturated carbocycles. The molecule has 2 heterocycles. The minimum atomic E-state index is -1.32. The molecule has 0 aromatic heterocycles. The van der Waals surface area contributed by atoms with Gasteiger partial charge in [-0.3, -0.25) is 9.59 Å². The minimum Gasteiger partial charge on any atom is -0.311 e. The van der Waals surface area contributed by atoms with Crippen LogP contribution in [0.25, 0.3) is 0 Å². The highest BCUT2D eigenvalue weighted by molar-refractivity contribution is 8.01. The molecule has 4 nitrogen and oxygen atoms in total. The van der Waals surface area contributed by atoms with E-state index in [0.717, 1.165) is 11.1 Å². The van der Waals surface area contributed by atoms with Crippen LogP contribution in [0.4, 0.5) is 14.5 Å². The molecule has 0 radical (unpaired) electrons. The van der Waals surface area contributed by atoms with Gasteiger partial charge in [-0.1, -0.05) is 29.8 Å². The van der Waals surface area contributed by atoms with Crippen LogP contribution < -0.4 is 4.90 Å². The zero-order valence-corrected chi connectivity index (χ0v) is 18.2. The van der Waals surface area contributed by atoms with E-state index in [1.807, 2.05) is 19.1 Å². The number of benzene rings is 3. The Labute approximate surface area is 188 Å². The van der Waals surface area contributed by atoms with Crippen molar-refractivity contribution in [2.24, 2.45) is 0 Å². The van der Waals surface area contributed by atoms with E-state index in [-0.39, 0.29) is 24.2 Å². The van der Waals surface area contributed by atoms with Crippen molar-refractivity contribution in [1.29, 1.82) is 0 Å². The molecule has 1 saturated heterocycles. The highest BCUT2D eigenvalue weighted by atomic mass is 32.2. The van der Waals surface area contributed by atoms with Crippen molar-refractivity contribution < 1.29 is 18.4 Å². The lowest BCUT2D eigenvalue weighted by atomic mass is 10.0. The number of fused-ring (bicyclic) bond motifs is 2. The Hall–Kier alpha value is -3.19. The van der Waals surface area contributed by atoms with Crippen molar-refractivity contribution in [3.8, 4) is 0 Å². The number of hydrogen-bond acceptors (Lipinski definition) is 3. The Morgan fingerprint density at radius 3 is 2.41 bits per heavy atom. The van der Waals surface area contributed by atoms with Gasteiger partial charge >= 0.3 is 0 Å². The molecule has 2 amide bonds. The zero-order chi connectivity index (χ0) is 22.5. The number of halogens is 2. The van der Waals surface area contributed by atoms with Gasteiger partial charge in [0.2, 0.25) is 0 Å². The van der Waals surface area contributed by atoms with Crippen LogP contribution in [0.2, 0.25) is 0 Å². The molecule has 3 aromatic rings. The Morgan fingerprint density at radius 1 is 1.00 bits per heavy atom. The molecule has 0 bridgehead atoms. The van der Waals surface area contributed by atoms with Gasteiger partial charge in [-0.05, 0) is 55.0 Å². The standard InChI is InChI=1S/C25H20F2N2O2S/c1-16-2-6-18(7-3-16)23(30)29-12-13-32-25(29)21-14-20(27)10-11-22(21)28(24(25)31)15-17-4-8-19(26)9-5-17/h2-11,14H,12-13,15H2,1H3/t25-/m0/s1. The summed E-state index contributed by atoms with van der Waals surface area (Å²) in [4.78, 5) is 29.2. The van der Waals surface area contributed by atoms with Crippen LogP contribution in [0, 0.1) is 18.6 Å². The van der Waals surface area contributed by atoms with Crippen LogP contribution in [0.15, 0.2) is 66.7 Å². The quantitative estimate of drug-likeness (QED) is 0.572. The third-order valence-electron chi connectivity index (χ3n) is 5.95. The lowest BCUT2D eigenvalue weighted by Gasteiger charge is -2.33. The fraction of sp³-hybridized carbons (Fsp3) is 0.200. The number of amides is 2. The second kappa shape index (κ2) is 7.74. The van der Waals surface area contributed by atoms with Crippen LogP contribution in [0.1, 0.15) is 27.0 Å². The average molecular weight is 451 g/mol. The van der Waals surface area contributed by atoms with E-state index >= 15 is 0 Å². The number of aryl methyl sites for hydroxylation is 1. The number of hydrogen-bond donors (Lipinski definition) is 0. The van der Waals surface area contributed by atoms with Crippen LogP contribution >= 0.6 is 11.8 Å². The Balaban J connectivity index is 1.58. The molecule has 5 rings (SSSR count). The summed E-state index contributed by atoms with van der Waals surface area (Å²) in [7, 11) is 0. The minimum absolute atomic E-state index is 0.201. The van der Waals surface area contributed by atoms with Gasteiger partial charge in [0.25, 0.3) is 11.8 Å². The van der Waals surface area contributed by atoms with Crippen molar-refractivity contribution in [1.82, 2.24) is 4.90 Å². The molecule has 3 aromatic carbocycles. The first-order chi connectivity index (χ1) is 15.4. The first-order valence-electron chi connectivity index (χ1n) is 10.3. The highest BCUT2D eigenvalue weighted by Gasteiger charge is 2.59. The number of thioether (sulfide) groups is 1. The van der Waals surface area contributed by atoms with Crippen LogP contribution in [-0.2, 0) is 16.2 Å². The molecular weight excluding hydrogens is 430 g/mol. The van der Waals surface area contributed by atoms with E-state index < -0.39 is 10.7 Å². The SMILES string of the molecule is Cc1ccc(C(=O)N2CCS[C@@]23C(=O)N(Cc2ccc(F)cc2)c2ccc(F)cc23)cc1. The van der Waals surface area contributed by atoms with Gasteiger partial charge in [-0.2, -0.15) is 0 Å². The normalized spacial score (nSPS) is 19.7. The van der Waals surface area contributed by atoms with Gasteiger partial charge in [-0.15, -0.1) is 11.8 Å². The molecule has 2 aliphatic rings. The third-order valence-corrected chi connectivity index (χ3v) is 7.37. The predicted octanol–water partition coefficient (Wildman–Crippen LogP) is 4.86. The summed E-state index contributed by atoms with van der Waals surface area (Å²) in [5.41, 5.74) is 3.30. The Kier molecular flexibility index (Phi) is 5.01. The lowest BCUT2D eigenvalue weighted by molar-refractivity contribution is -0.123. The molecule has 7 heteroatoms. The van der Waals surface area contributed by atoms with Gasteiger partial charge in [0.05, 0.1) is 12.2 Å². The molecule has 32 heavy (non-hydrogen) atoms. The molecule has 0 unspecified atom stereocenters. The third kappa shape index (κ3) is 3.19. The van der Waals surface area contributed by atoms with E-state index in [2.05, 4.69) is 0 Å². The fourth-order valence-electron chi connectivity index (χ4n) is 4.37. The molecule has 162 valence electrons. The van der Waals surface area contributed by atoms with E-state index in [1.54, 1.807) is 40.1 Å². The van der Waals surface area contributed by atoms with Gasteiger partial charge in [0, 0.05) is 23.4 Å². The van der Waals surface area contributed by atoms with Crippen LogP contribution in [0.3, 0.4) is 0 Å². The summed E-state index contributed by atoms with van der Waals surface area (Å²) >= 11 is 1.35. The van der Waals surface area contributed by atoms with Gasteiger partial charge in [-0.25, -0.2) is 8.78 Å². The monoisotopic (exact) mass is 450 g/mol. The van der Waals surface area contributed by atoms with E-state index in [9.17, 15) is 18.4 Å². The maximum atomic E-state index is 14.3. The zero-order valence-electron chi connectivity index (χ0n) is 17.3. The maximum Gasteiger partial charge on any atom is 0.268 e. The van der Waals surface area contributed by atoms with Gasteiger partial charge < -0.3 is 9.80 Å². The molecule has 0 N–H and O–H groups in total. The summed E-state index contributed by atoms with van der Waals surface area (Å²) in [6.07, 6.45) is 0. The number of anilines is 1. The van der Waals surface area contributed by atoms with Gasteiger partial charge in [0.15, 0.2) is 4.87 Å². The topological polar surface area (TPSA) is 40.6 Å². The fourth-order valence-corrected chi connectivity index (χ4v) is 5.82. The van der Waals surface area contributed by atoms with Crippen molar-refractivity contribution in [3.63, 3.8) is 0 Å². The van der Waals surface area contributed by atoms with Gasteiger partial charge in [0.1, 0.15) is 11.6 Å². The van der Waals surface area contributed by atoms with Crippen LogP contribution in [-0.4, -0.2) is 29.0 Å². The number of nitrogens with zero attached hydrogens (tertiary/aromatic N) is 2. The summed E-state index contributed by atoms with van der Waals surface area (Å²) in [6, 6.07) is 17.4. The molecule has 1 fully saturated rings. The average Bonchev–Trinajstić information content (AvgIpc) is 3.32. The van der Waals surface area contributed by atoms with Crippen LogP contribution in [0.5, 0.6) is 0 Å². The summed E-state index contributed by atoms with van der Waals surface area (Å²) in [5, 5.41) is 0. The molecular formula is C25H20F2N2O2S. The number of carbonyl (C=O) groups excluding carboxylic acids is 2. The summed E-state index contributed by atoms with van der Waals surface area (Å²) in [5.74, 6) is -0.812. The summed E-state index contributed by atoms with van der Waals surface area (Å²) < 4.78 is 27.7. The first kappa shape index (κ1) is 20.7. The van der Waals surface area contributed by atoms with E-state index in [4.69, 9.17) is 0 Å². The summed E-state index contributed by atoms with van der Waals surface area (Å²) in [6.45, 7) is 2.52. The van der Waals surface area contributed by atoms with Crippen molar-refractivity contribution in [3.05, 3.63) is 101 Å². The van der Waals surface area contributed by atoms with E-state index in [0.29, 0.717) is 29.1 Å². The largest absolute Gasteiger partial charge is 0.311 e. The number of rotatable bonds is 3. The molecule has 1 spiro atoms. The van der Waals surface area contributed by atoms with Crippen molar-refractivity contribution in [2.45, 2.75) is 18.3 Å². The Bertz CT molecular complexity index is 1210. The highest BCUT2D eigenvalue weighted by Crippen LogP contribution is 2.54. The Morgan fingerprint density at radius 2 is 1.69 bits per heavy atom. The molecule has 0 aliphatic carbocycles. The second-order valence-electron chi connectivity index (χ2n) is 7.99. The van der Waals surface area contributed by atoms with E-state index in [1.165, 1.54) is 36.0 Å². The van der Waals surface area contributed by atoms with Crippen molar-refractivity contribution >= 4 is 29.3 Å². The second-order valence-corrected chi connectivity index (χ2v) is 9.28. The molecule has 2 aliphatic heterocycles. The molecule has 1 atom stereocenters. The first-order valence-corrected chi connectivity index (χ1v) is 11.3. The maximum absolute atomic E-state index is 14.3. The van der Waals surface area contributed by atoms with Crippen molar-refractivity contribution in [2.75, 3.05) is 17.2 Å².